The van der Waals surface area contributed by atoms with E-state index in [9.17, 15) is 10.1 Å². The van der Waals surface area contributed by atoms with Crippen LogP contribution in [-0.4, -0.2) is 11.0 Å². The van der Waals surface area contributed by atoms with Crippen LogP contribution in [-0.2, 0) is 0 Å². The summed E-state index contributed by atoms with van der Waals surface area (Å²) in [5.74, 6) is 0.451. The molecular weight excluding hydrogens is 275 g/mol. The molecule has 0 aliphatic carbocycles. The summed E-state index contributed by atoms with van der Waals surface area (Å²) in [5, 5.41) is 14.4. The van der Waals surface area contributed by atoms with Gasteiger partial charge in [-0.2, -0.15) is 0 Å². The van der Waals surface area contributed by atoms with E-state index in [2.05, 4.69) is 19.2 Å². The van der Waals surface area contributed by atoms with Crippen LogP contribution in [0.5, 0.6) is 0 Å². The van der Waals surface area contributed by atoms with Crippen molar-refractivity contribution in [2.45, 2.75) is 33.2 Å². The quantitative estimate of drug-likeness (QED) is 0.629. The minimum absolute atomic E-state index is 0.105. The van der Waals surface area contributed by atoms with Gasteiger partial charge in [-0.05, 0) is 12.8 Å². The number of non-ortho nitro benzene ring substituents is 1. The molecule has 0 aliphatic heterocycles. The standard InChI is InChI=1S/C12H16Cl2N2O2/c1-4-7(2)8(3)15-12-10(13)5-9(16(17)18)6-11(12)14/h5-8,15H,4H2,1-3H3. The van der Waals surface area contributed by atoms with Gasteiger partial charge >= 0.3 is 0 Å². The van der Waals surface area contributed by atoms with E-state index >= 15 is 0 Å². The van der Waals surface area contributed by atoms with Gasteiger partial charge in [0.25, 0.3) is 5.69 Å². The summed E-state index contributed by atoms with van der Waals surface area (Å²) in [7, 11) is 0. The van der Waals surface area contributed by atoms with E-state index < -0.39 is 4.92 Å². The van der Waals surface area contributed by atoms with Crippen molar-refractivity contribution >= 4 is 34.6 Å². The highest BCUT2D eigenvalue weighted by molar-refractivity contribution is 6.39. The Labute approximate surface area is 116 Å². The van der Waals surface area contributed by atoms with Crippen LogP contribution in [0.3, 0.4) is 0 Å². The molecule has 0 bridgehead atoms. The fraction of sp³-hybridized carbons (Fsp3) is 0.500. The molecule has 1 aromatic rings. The number of nitrogens with zero attached hydrogens (tertiary/aromatic N) is 1. The molecule has 0 aliphatic rings. The Hall–Kier alpha value is -1.00. The summed E-state index contributed by atoms with van der Waals surface area (Å²) in [6.45, 7) is 6.25. The van der Waals surface area contributed by atoms with E-state index in [4.69, 9.17) is 23.2 Å². The van der Waals surface area contributed by atoms with E-state index in [1.165, 1.54) is 12.1 Å². The summed E-state index contributed by atoms with van der Waals surface area (Å²) in [6.07, 6.45) is 1.02. The number of anilines is 1. The molecule has 0 radical (unpaired) electrons. The van der Waals surface area contributed by atoms with E-state index in [0.717, 1.165) is 6.42 Å². The lowest BCUT2D eigenvalue weighted by Gasteiger charge is -2.22. The third kappa shape index (κ3) is 3.50. The minimum atomic E-state index is -0.514. The van der Waals surface area contributed by atoms with E-state index in [1.54, 1.807) is 0 Å². The number of hydrogen-bond donors (Lipinski definition) is 1. The monoisotopic (exact) mass is 290 g/mol. The number of nitro benzene ring substituents is 1. The number of halogens is 2. The Balaban J connectivity index is 3.00. The number of nitro groups is 1. The maximum atomic E-state index is 10.7. The average Bonchev–Trinajstić information content (AvgIpc) is 2.31. The smallest absolute Gasteiger partial charge is 0.272 e. The molecular formula is C12H16Cl2N2O2. The molecule has 1 N–H and O–H groups in total. The van der Waals surface area contributed by atoms with Crippen molar-refractivity contribution < 1.29 is 4.92 Å². The number of nitrogens with one attached hydrogen (secondary N) is 1. The van der Waals surface area contributed by atoms with Crippen LogP contribution in [0, 0.1) is 16.0 Å². The van der Waals surface area contributed by atoms with Crippen molar-refractivity contribution in [2.24, 2.45) is 5.92 Å². The largest absolute Gasteiger partial charge is 0.380 e. The van der Waals surface area contributed by atoms with Gasteiger partial charge < -0.3 is 5.32 Å². The van der Waals surface area contributed by atoms with Gasteiger partial charge in [-0.15, -0.1) is 0 Å². The lowest BCUT2D eigenvalue weighted by molar-refractivity contribution is -0.384. The first-order chi connectivity index (χ1) is 8.36. The van der Waals surface area contributed by atoms with Gasteiger partial charge in [0.1, 0.15) is 0 Å². The van der Waals surface area contributed by atoms with Gasteiger partial charge in [0.15, 0.2) is 0 Å². The zero-order valence-electron chi connectivity index (χ0n) is 10.5. The topological polar surface area (TPSA) is 55.2 Å². The molecule has 1 rings (SSSR count). The SMILES string of the molecule is CCC(C)C(C)Nc1c(Cl)cc([N+](=O)[O-])cc1Cl. The third-order valence-corrected chi connectivity index (χ3v) is 3.70. The predicted molar refractivity (Wildman–Crippen MR) is 75.7 cm³/mol. The lowest BCUT2D eigenvalue weighted by atomic mass is 10.0. The molecule has 0 saturated heterocycles. The van der Waals surface area contributed by atoms with Crippen molar-refractivity contribution in [1.82, 2.24) is 0 Å². The molecule has 0 amide bonds. The van der Waals surface area contributed by atoms with Crippen LogP contribution < -0.4 is 5.32 Å². The van der Waals surface area contributed by atoms with Gasteiger partial charge in [-0.1, -0.05) is 43.5 Å². The van der Waals surface area contributed by atoms with Crippen LogP contribution in [0.25, 0.3) is 0 Å². The van der Waals surface area contributed by atoms with Crippen LogP contribution in [0.1, 0.15) is 27.2 Å². The normalized spacial score (nSPS) is 14.1. The minimum Gasteiger partial charge on any atom is -0.380 e. The Morgan fingerprint density at radius 3 is 2.22 bits per heavy atom. The number of rotatable bonds is 5. The molecule has 0 heterocycles. The second-order valence-electron chi connectivity index (χ2n) is 4.36. The summed E-state index contributed by atoms with van der Waals surface area (Å²) in [6, 6.07) is 2.80. The van der Waals surface area contributed by atoms with Gasteiger partial charge in [-0.25, -0.2) is 0 Å². The zero-order valence-corrected chi connectivity index (χ0v) is 12.0. The molecule has 0 aromatic heterocycles. The highest BCUT2D eigenvalue weighted by Crippen LogP contribution is 2.35. The maximum absolute atomic E-state index is 10.7. The number of hydrogen-bond acceptors (Lipinski definition) is 3. The van der Waals surface area contributed by atoms with Crippen molar-refractivity contribution in [1.29, 1.82) is 0 Å². The Bertz CT molecular complexity index is 429. The molecule has 6 heteroatoms. The third-order valence-electron chi connectivity index (χ3n) is 3.11. The molecule has 4 nitrogen and oxygen atoms in total. The summed E-state index contributed by atoms with van der Waals surface area (Å²) < 4.78 is 0. The van der Waals surface area contributed by atoms with Crippen LogP contribution in [0.4, 0.5) is 11.4 Å². The van der Waals surface area contributed by atoms with Crippen molar-refractivity contribution in [2.75, 3.05) is 5.32 Å². The molecule has 2 unspecified atom stereocenters. The highest BCUT2D eigenvalue weighted by Gasteiger charge is 2.17. The molecule has 18 heavy (non-hydrogen) atoms. The first-order valence-corrected chi connectivity index (χ1v) is 6.52. The first kappa shape index (κ1) is 15.1. The first-order valence-electron chi connectivity index (χ1n) is 5.76. The Morgan fingerprint density at radius 2 is 1.83 bits per heavy atom. The Kier molecular flexibility index (Phi) is 5.23. The van der Waals surface area contributed by atoms with Crippen LogP contribution in [0.2, 0.25) is 10.0 Å². The summed E-state index contributed by atoms with van der Waals surface area (Å²) >= 11 is 12.0. The van der Waals surface area contributed by atoms with E-state index in [1.807, 2.05) is 6.92 Å². The molecule has 2 atom stereocenters. The molecule has 1 aromatic carbocycles. The second kappa shape index (κ2) is 6.25. The molecule has 0 spiro atoms. The van der Waals surface area contributed by atoms with Gasteiger partial charge in [0, 0.05) is 18.2 Å². The zero-order chi connectivity index (χ0) is 13.9. The fourth-order valence-corrected chi connectivity index (χ4v) is 2.11. The lowest BCUT2D eigenvalue weighted by Crippen LogP contribution is -2.23. The molecule has 100 valence electrons. The van der Waals surface area contributed by atoms with Crippen molar-refractivity contribution in [3.05, 3.63) is 32.3 Å². The second-order valence-corrected chi connectivity index (χ2v) is 5.17. The van der Waals surface area contributed by atoms with Gasteiger partial charge in [0.2, 0.25) is 0 Å². The van der Waals surface area contributed by atoms with Crippen LogP contribution in [0.15, 0.2) is 12.1 Å². The highest BCUT2D eigenvalue weighted by atomic mass is 35.5. The molecule has 0 fully saturated rings. The Morgan fingerprint density at radius 1 is 1.33 bits per heavy atom. The van der Waals surface area contributed by atoms with Crippen molar-refractivity contribution in [3.8, 4) is 0 Å². The summed E-state index contributed by atoms with van der Waals surface area (Å²) in [5.41, 5.74) is 0.448. The number of benzene rings is 1. The van der Waals surface area contributed by atoms with E-state index in [-0.39, 0.29) is 21.8 Å². The fourth-order valence-electron chi connectivity index (χ4n) is 1.53. The van der Waals surface area contributed by atoms with E-state index in [0.29, 0.717) is 11.6 Å². The van der Waals surface area contributed by atoms with Crippen LogP contribution >= 0.6 is 23.2 Å². The summed E-state index contributed by atoms with van der Waals surface area (Å²) in [4.78, 5) is 10.1. The predicted octanol–water partition coefficient (Wildman–Crippen LogP) is 4.75. The molecule has 0 saturated carbocycles. The van der Waals surface area contributed by atoms with Crippen molar-refractivity contribution in [3.63, 3.8) is 0 Å². The van der Waals surface area contributed by atoms with Gasteiger partial charge in [-0.3, -0.25) is 10.1 Å². The average molecular weight is 291 g/mol. The van der Waals surface area contributed by atoms with Gasteiger partial charge in [0.05, 0.1) is 20.7 Å². The maximum Gasteiger partial charge on any atom is 0.272 e.